The lowest BCUT2D eigenvalue weighted by Gasteiger charge is -2.18. The molecule has 1 aromatic carbocycles. The van der Waals surface area contributed by atoms with Gasteiger partial charge >= 0.3 is 0 Å². The number of furan rings is 1. The van der Waals surface area contributed by atoms with Gasteiger partial charge in [0.25, 0.3) is 0 Å². The molecule has 0 fully saturated rings. The molecule has 1 heterocycles. The van der Waals surface area contributed by atoms with Crippen LogP contribution in [0.4, 0.5) is 0 Å². The Morgan fingerprint density at radius 2 is 2.11 bits per heavy atom. The van der Waals surface area contributed by atoms with Crippen LogP contribution in [0, 0.1) is 0 Å². The predicted molar refractivity (Wildman–Crippen MR) is 78.6 cm³/mol. The van der Waals surface area contributed by atoms with Crippen LogP contribution < -0.4 is 11.5 Å². The summed E-state index contributed by atoms with van der Waals surface area (Å²) in [6.07, 6.45) is 0. The smallest absolute Gasteiger partial charge is 0.139 e. The Morgan fingerprint density at radius 1 is 1.33 bits per heavy atom. The van der Waals surface area contributed by atoms with Crippen molar-refractivity contribution >= 4 is 22.7 Å². The zero-order valence-electron chi connectivity index (χ0n) is 10.9. The van der Waals surface area contributed by atoms with Gasteiger partial charge in [0.05, 0.1) is 5.75 Å². The Balaban J connectivity index is 2.33. The first kappa shape index (κ1) is 13.5. The molecule has 0 saturated heterocycles. The van der Waals surface area contributed by atoms with Gasteiger partial charge in [-0.2, -0.15) is 11.8 Å². The monoisotopic (exact) mass is 264 g/mol. The van der Waals surface area contributed by atoms with Crippen molar-refractivity contribution in [2.45, 2.75) is 25.1 Å². The molecule has 0 bridgehead atoms. The van der Waals surface area contributed by atoms with E-state index in [-0.39, 0.29) is 5.54 Å². The Bertz CT molecular complexity index is 528. The lowest BCUT2D eigenvalue weighted by molar-refractivity contribution is 0.523. The van der Waals surface area contributed by atoms with Gasteiger partial charge in [0.2, 0.25) is 0 Å². The van der Waals surface area contributed by atoms with E-state index < -0.39 is 0 Å². The molecule has 0 radical (unpaired) electrons. The lowest BCUT2D eigenvalue weighted by atomic mass is 9.94. The Labute approximate surface area is 112 Å². The fourth-order valence-electron chi connectivity index (χ4n) is 1.95. The lowest BCUT2D eigenvalue weighted by Crippen LogP contribution is -2.28. The summed E-state index contributed by atoms with van der Waals surface area (Å²) in [6.45, 7) is 4.69. The number of thioether (sulfide) groups is 1. The highest BCUT2D eigenvalue weighted by molar-refractivity contribution is 7.98. The van der Waals surface area contributed by atoms with E-state index in [0.29, 0.717) is 6.54 Å². The molecule has 1 aromatic heterocycles. The van der Waals surface area contributed by atoms with Crippen molar-refractivity contribution in [1.29, 1.82) is 0 Å². The molecular formula is C14H20N2OS. The summed E-state index contributed by atoms with van der Waals surface area (Å²) in [5.74, 6) is 2.79. The molecule has 0 aliphatic carbocycles. The third-order valence-corrected chi connectivity index (χ3v) is 3.81. The van der Waals surface area contributed by atoms with Crippen LogP contribution >= 0.6 is 11.8 Å². The topological polar surface area (TPSA) is 65.2 Å². The maximum atomic E-state index is 6.17. The SMILES string of the molecule is CC(C)(N)c1cccc2cc(CSCCN)oc12. The van der Waals surface area contributed by atoms with Crippen LogP contribution in [0.15, 0.2) is 28.7 Å². The number of rotatable bonds is 5. The first-order valence-corrected chi connectivity index (χ1v) is 7.26. The van der Waals surface area contributed by atoms with Crippen LogP contribution in [-0.4, -0.2) is 12.3 Å². The Hall–Kier alpha value is -0.970. The standard InChI is InChI=1S/C14H20N2OS/c1-14(2,16)12-5-3-4-10-8-11(17-13(10)12)9-18-7-6-15/h3-5,8H,6-7,9,15-16H2,1-2H3. The molecule has 0 saturated carbocycles. The second kappa shape index (κ2) is 5.34. The van der Waals surface area contributed by atoms with Gasteiger partial charge in [-0.1, -0.05) is 18.2 Å². The van der Waals surface area contributed by atoms with E-state index >= 15 is 0 Å². The molecule has 0 atom stereocenters. The number of para-hydroxylation sites is 1. The second-order valence-electron chi connectivity index (χ2n) is 5.00. The van der Waals surface area contributed by atoms with Gasteiger partial charge in [0.15, 0.2) is 0 Å². The Morgan fingerprint density at radius 3 is 2.78 bits per heavy atom. The largest absolute Gasteiger partial charge is 0.460 e. The molecular weight excluding hydrogens is 244 g/mol. The van der Waals surface area contributed by atoms with Gasteiger partial charge < -0.3 is 15.9 Å². The number of hydrogen-bond acceptors (Lipinski definition) is 4. The molecule has 2 rings (SSSR count). The third-order valence-electron chi connectivity index (χ3n) is 2.80. The fraction of sp³-hybridized carbons (Fsp3) is 0.429. The van der Waals surface area contributed by atoms with E-state index in [0.717, 1.165) is 33.8 Å². The molecule has 18 heavy (non-hydrogen) atoms. The number of nitrogens with two attached hydrogens (primary N) is 2. The van der Waals surface area contributed by atoms with Gasteiger partial charge in [0, 0.05) is 28.8 Å². The molecule has 4 N–H and O–H groups in total. The number of fused-ring (bicyclic) bond motifs is 1. The molecule has 0 unspecified atom stereocenters. The first-order valence-electron chi connectivity index (χ1n) is 6.11. The zero-order valence-corrected chi connectivity index (χ0v) is 11.7. The minimum Gasteiger partial charge on any atom is -0.460 e. The maximum absolute atomic E-state index is 6.17. The molecule has 0 amide bonds. The third kappa shape index (κ3) is 2.88. The summed E-state index contributed by atoms with van der Waals surface area (Å²) >= 11 is 1.78. The van der Waals surface area contributed by atoms with Gasteiger partial charge in [-0.25, -0.2) is 0 Å². The van der Waals surface area contributed by atoms with E-state index in [2.05, 4.69) is 12.1 Å². The molecule has 98 valence electrons. The van der Waals surface area contributed by atoms with Crippen LogP contribution in [0.3, 0.4) is 0 Å². The molecule has 0 aliphatic heterocycles. The molecule has 0 aliphatic rings. The van der Waals surface area contributed by atoms with E-state index in [9.17, 15) is 0 Å². The van der Waals surface area contributed by atoms with Crippen LogP contribution in [0.2, 0.25) is 0 Å². The summed E-state index contributed by atoms with van der Waals surface area (Å²) in [6, 6.07) is 8.21. The van der Waals surface area contributed by atoms with Crippen LogP contribution in [-0.2, 0) is 11.3 Å². The average Bonchev–Trinajstić information content (AvgIpc) is 2.70. The van der Waals surface area contributed by atoms with Crippen molar-refractivity contribution in [3.8, 4) is 0 Å². The highest BCUT2D eigenvalue weighted by Gasteiger charge is 2.19. The van der Waals surface area contributed by atoms with Crippen molar-refractivity contribution < 1.29 is 4.42 Å². The average molecular weight is 264 g/mol. The number of hydrogen-bond donors (Lipinski definition) is 2. The first-order chi connectivity index (χ1) is 8.52. The molecule has 3 nitrogen and oxygen atoms in total. The fourth-order valence-corrected chi connectivity index (χ4v) is 2.61. The highest BCUT2D eigenvalue weighted by Crippen LogP contribution is 2.30. The minimum atomic E-state index is -0.390. The van der Waals surface area contributed by atoms with E-state index in [1.807, 2.05) is 26.0 Å². The summed E-state index contributed by atoms with van der Waals surface area (Å²) in [5.41, 5.74) is 13.2. The molecule has 4 heteroatoms. The van der Waals surface area contributed by atoms with E-state index in [4.69, 9.17) is 15.9 Å². The van der Waals surface area contributed by atoms with Crippen molar-refractivity contribution in [3.63, 3.8) is 0 Å². The van der Waals surface area contributed by atoms with Crippen molar-refractivity contribution in [2.24, 2.45) is 11.5 Å². The van der Waals surface area contributed by atoms with Gasteiger partial charge in [-0.05, 0) is 19.9 Å². The van der Waals surface area contributed by atoms with Crippen LogP contribution in [0.25, 0.3) is 11.0 Å². The normalized spacial score (nSPS) is 12.2. The summed E-state index contributed by atoms with van der Waals surface area (Å²) < 4.78 is 5.93. The van der Waals surface area contributed by atoms with Gasteiger partial charge in [0.1, 0.15) is 11.3 Å². The predicted octanol–water partition coefficient (Wildman–Crippen LogP) is 2.82. The van der Waals surface area contributed by atoms with Crippen molar-refractivity contribution in [1.82, 2.24) is 0 Å². The van der Waals surface area contributed by atoms with Crippen LogP contribution in [0.5, 0.6) is 0 Å². The van der Waals surface area contributed by atoms with E-state index in [1.54, 1.807) is 11.8 Å². The van der Waals surface area contributed by atoms with Gasteiger partial charge in [-0.15, -0.1) is 0 Å². The highest BCUT2D eigenvalue weighted by atomic mass is 32.2. The van der Waals surface area contributed by atoms with Crippen LogP contribution in [0.1, 0.15) is 25.2 Å². The van der Waals surface area contributed by atoms with Gasteiger partial charge in [-0.3, -0.25) is 0 Å². The number of benzene rings is 1. The minimum absolute atomic E-state index is 0.390. The van der Waals surface area contributed by atoms with Crippen molar-refractivity contribution in [2.75, 3.05) is 12.3 Å². The molecule has 0 spiro atoms. The van der Waals surface area contributed by atoms with E-state index in [1.165, 1.54) is 0 Å². The van der Waals surface area contributed by atoms with Crippen molar-refractivity contribution in [3.05, 3.63) is 35.6 Å². The molecule has 2 aromatic rings. The quantitative estimate of drug-likeness (QED) is 0.815. The Kier molecular flexibility index (Phi) is 4.00. The maximum Gasteiger partial charge on any atom is 0.139 e. The summed E-state index contributed by atoms with van der Waals surface area (Å²) in [7, 11) is 0. The second-order valence-corrected chi connectivity index (χ2v) is 6.10. The zero-order chi connectivity index (χ0) is 13.2. The summed E-state index contributed by atoms with van der Waals surface area (Å²) in [5, 5.41) is 1.12. The summed E-state index contributed by atoms with van der Waals surface area (Å²) in [4.78, 5) is 0.